The first-order chi connectivity index (χ1) is 16.5. The van der Waals surface area contributed by atoms with E-state index >= 15 is 0 Å². The Labute approximate surface area is 201 Å². The summed E-state index contributed by atoms with van der Waals surface area (Å²) in [4.78, 5) is 35.5. The first kappa shape index (κ1) is 27.4. The second kappa shape index (κ2) is 12.6. The Hall–Kier alpha value is -3.86. The fourth-order valence-electron chi connectivity index (χ4n) is 3.07. The summed E-state index contributed by atoms with van der Waals surface area (Å²) in [6, 6.07) is 7.84. The third-order valence-electron chi connectivity index (χ3n) is 4.79. The fraction of sp³-hybridized carbons (Fsp3) is 0.333. The van der Waals surface area contributed by atoms with Crippen LogP contribution in [0, 0.1) is 23.0 Å². The highest BCUT2D eigenvalue weighted by Crippen LogP contribution is 2.26. The minimum Gasteiger partial charge on any atom is -0.465 e. The van der Waals surface area contributed by atoms with Gasteiger partial charge in [-0.15, -0.1) is 0 Å². The molecule has 0 fully saturated rings. The van der Waals surface area contributed by atoms with Crippen LogP contribution in [0.5, 0.6) is 0 Å². The van der Waals surface area contributed by atoms with E-state index in [1.807, 2.05) is 19.2 Å². The van der Waals surface area contributed by atoms with Gasteiger partial charge in [-0.3, -0.25) is 20.3 Å². The fourth-order valence-corrected chi connectivity index (χ4v) is 3.07. The van der Waals surface area contributed by atoms with Crippen LogP contribution in [-0.4, -0.2) is 42.0 Å². The number of ether oxygens (including phenoxy) is 1. The van der Waals surface area contributed by atoms with E-state index in [1.54, 1.807) is 19.1 Å². The van der Waals surface area contributed by atoms with Crippen molar-refractivity contribution >= 4 is 23.7 Å². The van der Waals surface area contributed by atoms with Gasteiger partial charge in [0, 0.05) is 30.8 Å². The molecule has 35 heavy (non-hydrogen) atoms. The van der Waals surface area contributed by atoms with E-state index in [-0.39, 0.29) is 30.5 Å². The molecule has 9 nitrogen and oxygen atoms in total. The molecule has 11 heteroatoms. The van der Waals surface area contributed by atoms with Crippen LogP contribution in [0.25, 0.3) is 0 Å². The molecule has 188 valence electrons. The van der Waals surface area contributed by atoms with Crippen LogP contribution in [0.4, 0.5) is 13.6 Å². The Morgan fingerprint density at radius 2 is 1.63 bits per heavy atom. The Morgan fingerprint density at radius 1 is 1.03 bits per heavy atom. The molecule has 0 saturated carbocycles. The van der Waals surface area contributed by atoms with Gasteiger partial charge in [0.1, 0.15) is 17.5 Å². The predicted octanol–water partition coefficient (Wildman–Crippen LogP) is 3.34. The molecule has 2 aromatic rings. The highest BCUT2D eigenvalue weighted by Gasteiger charge is 2.29. The third-order valence-corrected chi connectivity index (χ3v) is 4.79. The van der Waals surface area contributed by atoms with Crippen molar-refractivity contribution < 1.29 is 33.0 Å². The van der Waals surface area contributed by atoms with Crippen LogP contribution >= 0.6 is 0 Å². The molecule has 0 radical (unpaired) electrons. The zero-order valence-corrected chi connectivity index (χ0v) is 19.6. The molecule has 0 aromatic heterocycles. The summed E-state index contributed by atoms with van der Waals surface area (Å²) in [6.45, 7) is 5.66. The highest BCUT2D eigenvalue weighted by atomic mass is 19.1. The summed E-state index contributed by atoms with van der Waals surface area (Å²) in [5.74, 6) is -3.73. The molecular weight excluding hydrogens is 462 g/mol. The molecule has 2 rings (SSSR count). The van der Waals surface area contributed by atoms with Crippen molar-refractivity contribution in [1.29, 1.82) is 5.41 Å². The summed E-state index contributed by atoms with van der Waals surface area (Å²) in [5.41, 5.74) is 0.103. The van der Waals surface area contributed by atoms with Crippen LogP contribution in [-0.2, 0) is 16.1 Å². The van der Waals surface area contributed by atoms with E-state index < -0.39 is 41.2 Å². The smallest absolute Gasteiger partial charge is 0.410 e. The van der Waals surface area contributed by atoms with E-state index in [1.165, 1.54) is 12.1 Å². The van der Waals surface area contributed by atoms with E-state index in [2.05, 4.69) is 10.6 Å². The topological polar surface area (TPSA) is 141 Å². The Kier molecular flexibility index (Phi) is 9.83. The minimum atomic E-state index is -1.58. The number of carboxylic acid groups (broad SMARTS) is 1. The second-order valence-electron chi connectivity index (χ2n) is 8.01. The zero-order valence-electron chi connectivity index (χ0n) is 19.6. The van der Waals surface area contributed by atoms with Crippen molar-refractivity contribution in [2.75, 3.05) is 13.2 Å². The standard InChI is InChI=1S/C24H28F2N4O5/c1-4-35-20(19-17(25)9-16(10-18(19)26)22(31)28-11-13(2)3)23(32)29-12-14-5-7-15(8-6-14)21(27)30-24(33)34/h5-10,13,20H,4,11-12H2,1-3H3,(H2,27,30)(H,28,31)(H,29,32)(H,33,34). The Balaban J connectivity index is 2.14. The summed E-state index contributed by atoms with van der Waals surface area (Å²) < 4.78 is 35.0. The largest absolute Gasteiger partial charge is 0.465 e. The van der Waals surface area contributed by atoms with Crippen LogP contribution in [0.15, 0.2) is 36.4 Å². The molecule has 0 bridgehead atoms. The second-order valence-corrected chi connectivity index (χ2v) is 8.01. The normalized spacial score (nSPS) is 11.6. The SMILES string of the molecule is CCOC(C(=O)NCc1ccc(C(=N)NC(=O)O)cc1)c1c(F)cc(C(=O)NCC(C)C)cc1F. The number of hydrogen-bond donors (Lipinski definition) is 5. The number of nitrogens with one attached hydrogen (secondary N) is 4. The van der Waals surface area contributed by atoms with Crippen molar-refractivity contribution in [2.24, 2.45) is 5.92 Å². The number of amides is 3. The van der Waals surface area contributed by atoms with Gasteiger partial charge in [-0.05, 0) is 30.5 Å². The van der Waals surface area contributed by atoms with Gasteiger partial charge in [-0.2, -0.15) is 0 Å². The first-order valence-corrected chi connectivity index (χ1v) is 10.9. The molecule has 0 aliphatic carbocycles. The van der Waals surface area contributed by atoms with Crippen molar-refractivity contribution in [3.05, 3.63) is 70.3 Å². The third kappa shape index (κ3) is 7.85. The number of carbonyl (C=O) groups excluding carboxylic acids is 2. The maximum absolute atomic E-state index is 14.8. The molecule has 0 spiro atoms. The van der Waals surface area contributed by atoms with Crippen molar-refractivity contribution in [3.8, 4) is 0 Å². The summed E-state index contributed by atoms with van der Waals surface area (Å²) in [5, 5.41) is 23.4. The van der Waals surface area contributed by atoms with Crippen LogP contribution < -0.4 is 16.0 Å². The maximum atomic E-state index is 14.8. The van der Waals surface area contributed by atoms with Crippen LogP contribution in [0.2, 0.25) is 0 Å². The average Bonchev–Trinajstić information content (AvgIpc) is 2.79. The van der Waals surface area contributed by atoms with Gasteiger partial charge >= 0.3 is 6.09 Å². The number of halogens is 2. The van der Waals surface area contributed by atoms with E-state index in [9.17, 15) is 23.2 Å². The van der Waals surface area contributed by atoms with Gasteiger partial charge < -0.3 is 20.5 Å². The van der Waals surface area contributed by atoms with Gasteiger partial charge in [0.15, 0.2) is 6.10 Å². The van der Waals surface area contributed by atoms with Gasteiger partial charge in [0.05, 0.1) is 5.56 Å². The summed E-state index contributed by atoms with van der Waals surface area (Å²) in [7, 11) is 0. The number of carbonyl (C=O) groups is 3. The average molecular weight is 491 g/mol. The van der Waals surface area contributed by atoms with Crippen LogP contribution in [0.1, 0.15) is 53.9 Å². The molecule has 1 atom stereocenters. The van der Waals surface area contributed by atoms with Gasteiger partial charge in [0.25, 0.3) is 11.8 Å². The van der Waals surface area contributed by atoms with E-state index in [0.29, 0.717) is 17.7 Å². The lowest BCUT2D eigenvalue weighted by molar-refractivity contribution is -0.133. The lowest BCUT2D eigenvalue weighted by atomic mass is 10.0. The van der Waals surface area contributed by atoms with Gasteiger partial charge in [0.2, 0.25) is 0 Å². The Morgan fingerprint density at radius 3 is 2.14 bits per heavy atom. The molecule has 0 aliphatic rings. The van der Waals surface area contributed by atoms with Gasteiger partial charge in [-0.1, -0.05) is 38.1 Å². The van der Waals surface area contributed by atoms with Gasteiger partial charge in [-0.25, -0.2) is 13.6 Å². The van der Waals surface area contributed by atoms with Crippen molar-refractivity contribution in [1.82, 2.24) is 16.0 Å². The zero-order chi connectivity index (χ0) is 26.1. The molecule has 1 unspecified atom stereocenters. The van der Waals surface area contributed by atoms with Crippen molar-refractivity contribution in [2.45, 2.75) is 33.4 Å². The van der Waals surface area contributed by atoms with Crippen LogP contribution in [0.3, 0.4) is 0 Å². The van der Waals surface area contributed by atoms with Crippen molar-refractivity contribution in [3.63, 3.8) is 0 Å². The predicted molar refractivity (Wildman–Crippen MR) is 124 cm³/mol. The summed E-state index contributed by atoms with van der Waals surface area (Å²) >= 11 is 0. The molecule has 0 heterocycles. The van der Waals surface area contributed by atoms with E-state index in [0.717, 1.165) is 12.1 Å². The monoisotopic (exact) mass is 490 g/mol. The number of hydrogen-bond acceptors (Lipinski definition) is 5. The molecular formula is C24H28F2N4O5. The van der Waals surface area contributed by atoms with E-state index in [4.69, 9.17) is 15.3 Å². The molecule has 5 N–H and O–H groups in total. The molecule has 0 saturated heterocycles. The quantitative estimate of drug-likeness (QED) is 0.257. The maximum Gasteiger partial charge on any atom is 0.410 e. The Bertz CT molecular complexity index is 1070. The lowest BCUT2D eigenvalue weighted by Crippen LogP contribution is -2.32. The first-order valence-electron chi connectivity index (χ1n) is 10.9. The number of rotatable bonds is 10. The minimum absolute atomic E-state index is 0.000971. The lowest BCUT2D eigenvalue weighted by Gasteiger charge is -2.19. The molecule has 2 aromatic carbocycles. The molecule has 0 aliphatic heterocycles. The highest BCUT2D eigenvalue weighted by molar-refractivity contribution is 6.04. The summed E-state index contributed by atoms with van der Waals surface area (Å²) in [6.07, 6.45) is -2.95. The number of benzene rings is 2. The molecule has 3 amide bonds. The number of amidine groups is 1.